The predicted octanol–water partition coefficient (Wildman–Crippen LogP) is 5.10. The van der Waals surface area contributed by atoms with Crippen molar-refractivity contribution >= 4 is 49.0 Å². The second-order valence-corrected chi connectivity index (χ2v) is 8.59. The molecule has 25 heavy (non-hydrogen) atoms. The smallest absolute Gasteiger partial charge is 0.267 e. The lowest BCUT2D eigenvalue weighted by molar-refractivity contribution is 0.506. The fourth-order valence-corrected chi connectivity index (χ4v) is 3.04. The second kappa shape index (κ2) is 6.84. The van der Waals surface area contributed by atoms with Gasteiger partial charge in [0, 0.05) is 14.4 Å². The van der Waals surface area contributed by atoms with E-state index in [-0.39, 0.29) is 11.0 Å². The molecule has 0 fully saturated rings. The van der Waals surface area contributed by atoms with Gasteiger partial charge in [-0.1, -0.05) is 64.8 Å². The van der Waals surface area contributed by atoms with Gasteiger partial charge in [0.2, 0.25) is 0 Å². The van der Waals surface area contributed by atoms with Crippen molar-refractivity contribution in [2.45, 2.75) is 26.2 Å². The Hall–Kier alpha value is -1.79. The SMILES string of the molecule is CC(C)(C)c1nc2ccc(Br)cc2c(=O)n1N=Cc1ccc(Br)cc1. The monoisotopic (exact) mass is 461 g/mol. The molecule has 0 bridgehead atoms. The van der Waals surface area contributed by atoms with E-state index in [0.29, 0.717) is 16.7 Å². The van der Waals surface area contributed by atoms with Crippen molar-refractivity contribution in [3.63, 3.8) is 0 Å². The standard InChI is InChI=1S/C19H17Br2N3O/c1-19(2,3)18-23-16-9-8-14(21)10-15(16)17(25)24(18)22-11-12-4-6-13(20)7-5-12/h4-11H,1-3H3. The molecule has 0 aliphatic rings. The maximum Gasteiger partial charge on any atom is 0.282 e. The van der Waals surface area contributed by atoms with Crippen LogP contribution >= 0.6 is 31.9 Å². The number of hydrogen-bond donors (Lipinski definition) is 0. The van der Waals surface area contributed by atoms with Gasteiger partial charge in [0.1, 0.15) is 5.82 Å². The third-order valence-corrected chi connectivity index (χ3v) is 4.69. The minimum absolute atomic E-state index is 0.176. The van der Waals surface area contributed by atoms with Crippen LogP contribution in [0.5, 0.6) is 0 Å². The van der Waals surface area contributed by atoms with Crippen molar-refractivity contribution in [3.8, 4) is 0 Å². The van der Waals surface area contributed by atoms with Gasteiger partial charge in [-0.15, -0.1) is 0 Å². The summed E-state index contributed by atoms with van der Waals surface area (Å²) < 4.78 is 3.23. The second-order valence-electron chi connectivity index (χ2n) is 6.76. The number of rotatable bonds is 2. The molecule has 0 amide bonds. The quantitative estimate of drug-likeness (QED) is 0.497. The van der Waals surface area contributed by atoms with Crippen LogP contribution in [-0.2, 0) is 5.41 Å². The number of hydrogen-bond acceptors (Lipinski definition) is 3. The predicted molar refractivity (Wildman–Crippen MR) is 110 cm³/mol. The molecule has 0 saturated heterocycles. The van der Waals surface area contributed by atoms with Crippen LogP contribution in [0.15, 0.2) is 61.3 Å². The Morgan fingerprint density at radius 1 is 1.04 bits per heavy atom. The molecule has 0 N–H and O–H groups in total. The van der Waals surface area contributed by atoms with Crippen LogP contribution < -0.4 is 5.56 Å². The van der Waals surface area contributed by atoms with Crippen molar-refractivity contribution in [1.29, 1.82) is 0 Å². The summed E-state index contributed by atoms with van der Waals surface area (Å²) in [5.74, 6) is 0.626. The number of halogens is 2. The van der Waals surface area contributed by atoms with Gasteiger partial charge >= 0.3 is 0 Å². The Labute approximate surface area is 162 Å². The van der Waals surface area contributed by atoms with Crippen LogP contribution in [0.3, 0.4) is 0 Å². The molecule has 4 nitrogen and oxygen atoms in total. The van der Waals surface area contributed by atoms with Crippen LogP contribution in [0.1, 0.15) is 32.2 Å². The first-order valence-electron chi connectivity index (χ1n) is 7.78. The van der Waals surface area contributed by atoms with Gasteiger partial charge in [-0.2, -0.15) is 9.78 Å². The number of benzene rings is 2. The van der Waals surface area contributed by atoms with E-state index in [4.69, 9.17) is 4.98 Å². The van der Waals surface area contributed by atoms with Crippen molar-refractivity contribution in [3.05, 3.63) is 73.2 Å². The molecule has 0 aliphatic carbocycles. The molecule has 0 spiro atoms. The van der Waals surface area contributed by atoms with Crippen molar-refractivity contribution < 1.29 is 0 Å². The van der Waals surface area contributed by atoms with Crippen LogP contribution in [0.4, 0.5) is 0 Å². The van der Waals surface area contributed by atoms with Crippen molar-refractivity contribution in [2.75, 3.05) is 0 Å². The lowest BCUT2D eigenvalue weighted by Gasteiger charge is -2.20. The van der Waals surface area contributed by atoms with E-state index < -0.39 is 0 Å². The van der Waals surface area contributed by atoms with E-state index in [1.165, 1.54) is 4.68 Å². The summed E-state index contributed by atoms with van der Waals surface area (Å²) in [6, 6.07) is 13.2. The summed E-state index contributed by atoms with van der Waals surface area (Å²) in [6.45, 7) is 6.06. The molecule has 1 heterocycles. The summed E-state index contributed by atoms with van der Waals surface area (Å²) in [7, 11) is 0. The maximum atomic E-state index is 13.0. The molecule has 3 rings (SSSR count). The minimum Gasteiger partial charge on any atom is -0.267 e. The molecule has 2 aromatic carbocycles. The molecule has 0 unspecified atom stereocenters. The van der Waals surface area contributed by atoms with Gasteiger partial charge in [0.15, 0.2) is 0 Å². The van der Waals surface area contributed by atoms with Crippen LogP contribution in [-0.4, -0.2) is 15.9 Å². The lowest BCUT2D eigenvalue weighted by Crippen LogP contribution is -2.29. The zero-order chi connectivity index (χ0) is 18.2. The third kappa shape index (κ3) is 3.90. The highest BCUT2D eigenvalue weighted by Crippen LogP contribution is 2.23. The first kappa shape index (κ1) is 18.0. The molecule has 0 aliphatic heterocycles. The fraction of sp³-hybridized carbons (Fsp3) is 0.211. The van der Waals surface area contributed by atoms with E-state index in [1.54, 1.807) is 12.3 Å². The minimum atomic E-state index is -0.322. The Morgan fingerprint density at radius 2 is 1.68 bits per heavy atom. The van der Waals surface area contributed by atoms with E-state index >= 15 is 0 Å². The van der Waals surface area contributed by atoms with Crippen LogP contribution in [0.2, 0.25) is 0 Å². The average Bonchev–Trinajstić information content (AvgIpc) is 2.55. The summed E-state index contributed by atoms with van der Waals surface area (Å²) >= 11 is 6.82. The van der Waals surface area contributed by atoms with Gasteiger partial charge in [-0.05, 0) is 35.9 Å². The maximum absolute atomic E-state index is 13.0. The molecule has 3 aromatic rings. The average molecular weight is 463 g/mol. The van der Waals surface area contributed by atoms with E-state index in [2.05, 4.69) is 37.0 Å². The van der Waals surface area contributed by atoms with Crippen LogP contribution in [0, 0.1) is 0 Å². The normalized spacial score (nSPS) is 12.2. The first-order chi connectivity index (χ1) is 11.8. The molecule has 1 aromatic heterocycles. The molecular weight excluding hydrogens is 446 g/mol. The molecule has 0 saturated carbocycles. The first-order valence-corrected chi connectivity index (χ1v) is 9.37. The fourth-order valence-electron chi connectivity index (χ4n) is 2.41. The highest BCUT2D eigenvalue weighted by molar-refractivity contribution is 9.10. The van der Waals surface area contributed by atoms with Gasteiger partial charge in [0.05, 0.1) is 17.1 Å². The van der Waals surface area contributed by atoms with Gasteiger partial charge in [-0.25, -0.2) is 4.98 Å². The molecule has 6 heteroatoms. The van der Waals surface area contributed by atoms with Crippen molar-refractivity contribution in [2.24, 2.45) is 5.10 Å². The zero-order valence-electron chi connectivity index (χ0n) is 14.1. The number of fused-ring (bicyclic) bond motifs is 1. The van der Waals surface area contributed by atoms with E-state index in [1.807, 2.05) is 57.2 Å². The topological polar surface area (TPSA) is 47.2 Å². The Kier molecular flexibility index (Phi) is 4.93. The lowest BCUT2D eigenvalue weighted by atomic mass is 9.95. The highest BCUT2D eigenvalue weighted by Gasteiger charge is 2.22. The largest absolute Gasteiger partial charge is 0.282 e. The Bertz CT molecular complexity index is 1020. The van der Waals surface area contributed by atoms with Crippen molar-refractivity contribution in [1.82, 2.24) is 9.66 Å². The third-order valence-electron chi connectivity index (χ3n) is 3.67. The molecule has 0 radical (unpaired) electrons. The Morgan fingerprint density at radius 3 is 2.32 bits per heavy atom. The highest BCUT2D eigenvalue weighted by atomic mass is 79.9. The zero-order valence-corrected chi connectivity index (χ0v) is 17.3. The summed E-state index contributed by atoms with van der Waals surface area (Å²) in [4.78, 5) is 17.7. The number of nitrogens with zero attached hydrogens (tertiary/aromatic N) is 3. The van der Waals surface area contributed by atoms with E-state index in [0.717, 1.165) is 14.5 Å². The Balaban J connectivity index is 2.22. The molecular formula is C19H17Br2N3O. The van der Waals surface area contributed by atoms with Crippen LogP contribution in [0.25, 0.3) is 10.9 Å². The van der Waals surface area contributed by atoms with Gasteiger partial charge in [-0.3, -0.25) is 4.79 Å². The molecule has 0 atom stereocenters. The van der Waals surface area contributed by atoms with Gasteiger partial charge < -0.3 is 0 Å². The summed E-state index contributed by atoms with van der Waals surface area (Å²) in [5, 5.41) is 4.98. The summed E-state index contributed by atoms with van der Waals surface area (Å²) in [6.07, 6.45) is 1.68. The van der Waals surface area contributed by atoms with Gasteiger partial charge in [0.25, 0.3) is 5.56 Å². The molecule has 128 valence electrons. The summed E-state index contributed by atoms with van der Waals surface area (Å²) in [5.41, 5.74) is 1.08. The van der Waals surface area contributed by atoms with E-state index in [9.17, 15) is 4.79 Å². The number of aromatic nitrogens is 2.